The van der Waals surface area contributed by atoms with Crippen molar-refractivity contribution in [3.8, 4) is 0 Å². The molecule has 5 heteroatoms. The van der Waals surface area contributed by atoms with Crippen LogP contribution in [0, 0.1) is 23.2 Å². The maximum Gasteiger partial charge on any atom is 0.192 e. The van der Waals surface area contributed by atoms with Crippen LogP contribution in [0.3, 0.4) is 0 Å². The van der Waals surface area contributed by atoms with Crippen molar-refractivity contribution in [2.24, 2.45) is 23.2 Å². The summed E-state index contributed by atoms with van der Waals surface area (Å²) in [6.07, 6.45) is 14.0. The molecule has 0 bridgehead atoms. The first-order valence-electron chi connectivity index (χ1n) is 15.6. The Kier molecular flexibility index (Phi) is 9.65. The second kappa shape index (κ2) is 11.5. The molecule has 0 N–H and O–H groups in total. The zero-order valence-corrected chi connectivity index (χ0v) is 29.5. The molecule has 3 aliphatic carbocycles. The predicted octanol–water partition coefficient (Wildman–Crippen LogP) is 10.0. The molecule has 3 rings (SSSR count). The highest BCUT2D eigenvalue weighted by Gasteiger charge is 2.51. The Labute approximate surface area is 243 Å². The number of hydrogen-bond donors (Lipinski definition) is 0. The van der Waals surface area contributed by atoms with E-state index >= 15 is 0 Å². The van der Waals surface area contributed by atoms with Crippen molar-refractivity contribution in [1.29, 1.82) is 0 Å². The van der Waals surface area contributed by atoms with E-state index in [1.165, 1.54) is 44.0 Å². The quantitative estimate of drug-likeness (QED) is 0.225. The first-order valence-corrected chi connectivity index (χ1v) is 21.4. The summed E-state index contributed by atoms with van der Waals surface area (Å²) in [6, 6.07) is 0. The Morgan fingerprint density at radius 1 is 0.974 bits per heavy atom. The smallest absolute Gasteiger partial charge is 0.192 e. The Morgan fingerprint density at radius 2 is 1.56 bits per heavy atom. The summed E-state index contributed by atoms with van der Waals surface area (Å²) in [6.45, 7) is 32.6. The van der Waals surface area contributed by atoms with Gasteiger partial charge in [-0.2, -0.15) is 0 Å². The van der Waals surface area contributed by atoms with Crippen LogP contribution in [0.2, 0.25) is 36.3 Å². The standard InChI is InChI=1S/C34H60O3Si2/c1-24(23-35)29-18-19-30-26(15-14-20-34(29,30)9)16-17-27-21-28(36-38(10,11)32(3,4)5)22-31(25(27)2)37-39(12,13)33(6,7)8/h16-17,23-24,28-31H,2,14-15,18-22H2,1,3-13H3/b26-16+,27-17+/t24-,28?,29?,30?,31?,34-/m1/s1. The molecule has 3 saturated carbocycles. The van der Waals surface area contributed by atoms with E-state index in [9.17, 15) is 4.79 Å². The molecule has 0 radical (unpaired) electrons. The van der Waals surface area contributed by atoms with Crippen LogP contribution in [0.25, 0.3) is 0 Å². The van der Waals surface area contributed by atoms with Crippen LogP contribution in [0.5, 0.6) is 0 Å². The van der Waals surface area contributed by atoms with E-state index in [-0.39, 0.29) is 33.6 Å². The number of fused-ring (bicyclic) bond motifs is 1. The monoisotopic (exact) mass is 572 g/mol. The van der Waals surface area contributed by atoms with Crippen LogP contribution in [-0.2, 0) is 13.6 Å². The maximum atomic E-state index is 11.7. The molecule has 4 unspecified atom stereocenters. The van der Waals surface area contributed by atoms with Crippen LogP contribution >= 0.6 is 0 Å². The van der Waals surface area contributed by atoms with Crippen molar-refractivity contribution in [2.75, 3.05) is 0 Å². The molecule has 222 valence electrons. The van der Waals surface area contributed by atoms with Gasteiger partial charge in [0.15, 0.2) is 16.6 Å². The van der Waals surface area contributed by atoms with Crippen molar-refractivity contribution in [1.82, 2.24) is 0 Å². The van der Waals surface area contributed by atoms with Crippen LogP contribution in [0.15, 0.2) is 35.5 Å². The Balaban J connectivity index is 1.93. The van der Waals surface area contributed by atoms with Crippen LogP contribution in [0.4, 0.5) is 0 Å². The topological polar surface area (TPSA) is 35.5 Å². The van der Waals surface area contributed by atoms with Gasteiger partial charge in [-0.05, 0) is 103 Å². The van der Waals surface area contributed by atoms with Gasteiger partial charge in [0, 0.05) is 12.3 Å². The van der Waals surface area contributed by atoms with Crippen LogP contribution in [0.1, 0.15) is 100 Å². The number of allylic oxidation sites excluding steroid dienone is 3. The molecule has 3 nitrogen and oxygen atoms in total. The van der Waals surface area contributed by atoms with Crippen molar-refractivity contribution >= 4 is 22.9 Å². The molecule has 39 heavy (non-hydrogen) atoms. The number of carbonyl (C=O) groups is 1. The van der Waals surface area contributed by atoms with Crippen molar-refractivity contribution in [3.63, 3.8) is 0 Å². The summed E-state index contributed by atoms with van der Waals surface area (Å²) in [7, 11) is -3.89. The lowest BCUT2D eigenvalue weighted by atomic mass is 9.61. The van der Waals surface area contributed by atoms with Gasteiger partial charge < -0.3 is 13.6 Å². The average Bonchev–Trinajstić information content (AvgIpc) is 3.15. The normalized spacial score (nSPS) is 33.9. The van der Waals surface area contributed by atoms with Gasteiger partial charge in [0.2, 0.25) is 0 Å². The molecule has 0 heterocycles. The van der Waals surface area contributed by atoms with Crippen LogP contribution < -0.4 is 0 Å². The molecule has 0 amide bonds. The molecular formula is C34H60O3Si2. The third-order valence-corrected chi connectivity index (χ3v) is 20.6. The van der Waals surface area contributed by atoms with Crippen molar-refractivity contribution in [2.45, 2.75) is 149 Å². The van der Waals surface area contributed by atoms with Crippen molar-refractivity contribution < 1.29 is 13.6 Å². The molecule has 0 aliphatic heterocycles. The van der Waals surface area contributed by atoms with E-state index < -0.39 is 16.6 Å². The minimum Gasteiger partial charge on any atom is -0.413 e. The lowest BCUT2D eigenvalue weighted by molar-refractivity contribution is -0.113. The fourth-order valence-electron chi connectivity index (χ4n) is 7.00. The largest absolute Gasteiger partial charge is 0.413 e. The van der Waals surface area contributed by atoms with Gasteiger partial charge in [0.25, 0.3) is 0 Å². The number of hydrogen-bond acceptors (Lipinski definition) is 3. The summed E-state index contributed by atoms with van der Waals surface area (Å²) in [5.41, 5.74) is 4.29. The highest BCUT2D eigenvalue weighted by atomic mass is 28.4. The zero-order chi connectivity index (χ0) is 29.6. The lowest BCUT2D eigenvalue weighted by Gasteiger charge is -2.45. The second-order valence-electron chi connectivity index (χ2n) is 16.4. The summed E-state index contributed by atoms with van der Waals surface area (Å²) >= 11 is 0. The molecule has 0 aromatic rings. The summed E-state index contributed by atoms with van der Waals surface area (Å²) in [5, 5.41) is 0.323. The van der Waals surface area contributed by atoms with E-state index in [2.05, 4.69) is 100 Å². The Bertz CT molecular complexity index is 977. The molecule has 3 aliphatic rings. The summed E-state index contributed by atoms with van der Waals surface area (Å²) in [4.78, 5) is 11.7. The third-order valence-electron chi connectivity index (χ3n) is 11.6. The molecule has 0 spiro atoms. The van der Waals surface area contributed by atoms with Gasteiger partial charge in [0.05, 0.1) is 12.2 Å². The van der Waals surface area contributed by atoms with Gasteiger partial charge in [-0.25, -0.2) is 0 Å². The fourth-order valence-corrected chi connectivity index (χ4v) is 9.67. The average molecular weight is 573 g/mol. The Morgan fingerprint density at radius 3 is 2.13 bits per heavy atom. The predicted molar refractivity (Wildman–Crippen MR) is 172 cm³/mol. The SMILES string of the molecule is C=C1/C(=C/C=C2\CCC[C@@]3(C)C2CCC3[C@H](C)C=O)CC(O[Si](C)(C)C(C)(C)C)CC1O[Si](C)(C)C(C)(C)C. The second-order valence-corrected chi connectivity index (χ2v) is 25.9. The highest BCUT2D eigenvalue weighted by Crippen LogP contribution is 2.59. The first kappa shape index (κ1) is 32.8. The minimum absolute atomic E-state index is 0.0139. The molecule has 3 fully saturated rings. The van der Waals surface area contributed by atoms with Gasteiger partial charge in [0.1, 0.15) is 6.29 Å². The molecule has 6 atom stereocenters. The van der Waals surface area contributed by atoms with E-state index in [0.717, 1.165) is 18.4 Å². The number of rotatable bonds is 7. The molecular weight excluding hydrogens is 513 g/mol. The van der Waals surface area contributed by atoms with Crippen molar-refractivity contribution in [3.05, 3.63) is 35.5 Å². The van der Waals surface area contributed by atoms with E-state index in [1.54, 1.807) is 5.57 Å². The fraction of sp³-hybridized carbons (Fsp3) is 0.794. The Hall–Kier alpha value is -0.756. The first-order chi connectivity index (χ1) is 17.7. The van der Waals surface area contributed by atoms with Gasteiger partial charge in [-0.3, -0.25) is 0 Å². The van der Waals surface area contributed by atoms with E-state index in [1.807, 2.05) is 0 Å². The summed E-state index contributed by atoms with van der Waals surface area (Å²) < 4.78 is 14.0. The van der Waals surface area contributed by atoms with E-state index in [0.29, 0.717) is 11.8 Å². The number of aldehydes is 1. The van der Waals surface area contributed by atoms with Gasteiger partial charge in [-0.15, -0.1) is 0 Å². The summed E-state index contributed by atoms with van der Waals surface area (Å²) in [5.74, 6) is 1.24. The molecule has 0 aromatic carbocycles. The van der Waals surface area contributed by atoms with Crippen LogP contribution in [-0.4, -0.2) is 35.1 Å². The number of carbonyl (C=O) groups excluding carboxylic acids is 1. The zero-order valence-electron chi connectivity index (χ0n) is 27.5. The van der Waals surface area contributed by atoms with Gasteiger partial charge >= 0.3 is 0 Å². The van der Waals surface area contributed by atoms with Gasteiger partial charge in [-0.1, -0.05) is 79.7 Å². The maximum absolute atomic E-state index is 11.7. The minimum atomic E-state index is -1.97. The highest BCUT2D eigenvalue weighted by molar-refractivity contribution is 6.74. The lowest BCUT2D eigenvalue weighted by Crippen LogP contribution is -2.49. The molecule has 0 saturated heterocycles. The third kappa shape index (κ3) is 6.84. The molecule has 0 aromatic heterocycles. The van der Waals surface area contributed by atoms with E-state index in [4.69, 9.17) is 8.85 Å².